The van der Waals surface area contributed by atoms with E-state index in [1.165, 1.54) is 6.92 Å². The first-order chi connectivity index (χ1) is 12.2. The third kappa shape index (κ3) is 4.34. The van der Waals surface area contributed by atoms with E-state index in [1.54, 1.807) is 13.8 Å². The van der Waals surface area contributed by atoms with Gasteiger partial charge in [0.25, 0.3) is 0 Å². The minimum absolute atomic E-state index is 0.0443. The Kier molecular flexibility index (Phi) is 6.39. The maximum absolute atomic E-state index is 14.0. The summed E-state index contributed by atoms with van der Waals surface area (Å²) in [5, 5.41) is -1.30. The number of alkyl halides is 3. The fourth-order valence-corrected chi connectivity index (χ4v) is 4.46. The summed E-state index contributed by atoms with van der Waals surface area (Å²) < 4.78 is 70.7. The zero-order chi connectivity index (χ0) is 20.9. The normalized spacial score (nSPS) is 22.0. The first kappa shape index (κ1) is 22.6. The summed E-state index contributed by atoms with van der Waals surface area (Å²) in [6.45, 7) is 4.02. The van der Waals surface area contributed by atoms with Crippen LogP contribution in [0, 0.1) is 35.8 Å². The number of hydrogen-bond donors (Lipinski definition) is 0. The highest BCUT2D eigenvalue weighted by atomic mass is 79.9. The SMILES string of the molecule is Cc1c(F)c(Br)c(COC(=O)[C@@H]2[C@H](/C=C(\Cl)C(F)(F)F)C2(C)C)c(Br)c1F. The van der Waals surface area contributed by atoms with Gasteiger partial charge in [-0.25, -0.2) is 8.78 Å². The molecule has 0 heterocycles. The molecule has 2 rings (SSSR count). The van der Waals surface area contributed by atoms with Crippen LogP contribution >= 0.6 is 43.5 Å². The number of carbonyl (C=O) groups excluding carboxylic acids is 1. The Morgan fingerprint density at radius 2 is 1.70 bits per heavy atom. The van der Waals surface area contributed by atoms with Crippen LogP contribution in [0.2, 0.25) is 0 Å². The average Bonchev–Trinajstić information content (AvgIpc) is 3.10. The first-order valence-electron chi connectivity index (χ1n) is 7.63. The fourth-order valence-electron chi connectivity index (χ4n) is 2.84. The lowest BCUT2D eigenvalue weighted by Gasteiger charge is -2.13. The van der Waals surface area contributed by atoms with Crippen LogP contribution in [0.3, 0.4) is 0 Å². The molecule has 10 heteroatoms. The van der Waals surface area contributed by atoms with Gasteiger partial charge in [-0.2, -0.15) is 13.2 Å². The van der Waals surface area contributed by atoms with E-state index in [1.807, 2.05) is 0 Å². The molecule has 0 aromatic heterocycles. The van der Waals surface area contributed by atoms with Crippen LogP contribution in [0.15, 0.2) is 20.1 Å². The molecule has 1 aromatic rings. The van der Waals surface area contributed by atoms with Gasteiger partial charge in [0.2, 0.25) is 0 Å². The third-order valence-electron chi connectivity index (χ3n) is 4.69. The zero-order valence-electron chi connectivity index (χ0n) is 14.3. The molecule has 27 heavy (non-hydrogen) atoms. The summed E-state index contributed by atoms with van der Waals surface area (Å²) in [5.74, 6) is -4.02. The average molecular weight is 541 g/mol. The molecule has 1 fully saturated rings. The predicted octanol–water partition coefficient (Wildman–Crippen LogP) is 6.80. The molecule has 0 aliphatic heterocycles. The Morgan fingerprint density at radius 1 is 1.22 bits per heavy atom. The molecule has 1 aliphatic carbocycles. The molecule has 1 saturated carbocycles. The van der Waals surface area contributed by atoms with E-state index >= 15 is 0 Å². The van der Waals surface area contributed by atoms with E-state index in [9.17, 15) is 26.7 Å². The van der Waals surface area contributed by atoms with E-state index in [0.29, 0.717) is 0 Å². The minimum Gasteiger partial charge on any atom is -0.460 e. The van der Waals surface area contributed by atoms with Crippen molar-refractivity contribution in [3.8, 4) is 0 Å². The molecule has 0 amide bonds. The van der Waals surface area contributed by atoms with Crippen molar-refractivity contribution in [2.24, 2.45) is 17.3 Å². The lowest BCUT2D eigenvalue weighted by Crippen LogP contribution is -2.12. The molecular formula is C17H14Br2ClF5O2. The zero-order valence-corrected chi connectivity index (χ0v) is 18.2. The topological polar surface area (TPSA) is 26.3 Å². The maximum Gasteiger partial charge on any atom is 0.426 e. The highest BCUT2D eigenvalue weighted by molar-refractivity contribution is 9.11. The summed E-state index contributed by atoms with van der Waals surface area (Å²) in [7, 11) is 0. The quantitative estimate of drug-likeness (QED) is 0.239. The van der Waals surface area contributed by atoms with Gasteiger partial charge in [0.15, 0.2) is 0 Å². The van der Waals surface area contributed by atoms with Crippen LogP contribution in [0.25, 0.3) is 0 Å². The van der Waals surface area contributed by atoms with Crippen molar-refractivity contribution in [1.82, 2.24) is 0 Å². The van der Waals surface area contributed by atoms with Crippen molar-refractivity contribution in [3.63, 3.8) is 0 Å². The number of hydrogen-bond acceptors (Lipinski definition) is 2. The maximum atomic E-state index is 14.0. The van der Waals surface area contributed by atoms with Crippen molar-refractivity contribution < 1.29 is 31.5 Å². The Bertz CT molecular complexity index is 792. The molecule has 150 valence electrons. The van der Waals surface area contributed by atoms with Gasteiger partial charge in [0, 0.05) is 11.1 Å². The van der Waals surface area contributed by atoms with E-state index in [2.05, 4.69) is 31.9 Å². The second kappa shape index (κ2) is 7.63. The second-order valence-corrected chi connectivity index (χ2v) is 8.80. The van der Waals surface area contributed by atoms with Gasteiger partial charge in [-0.15, -0.1) is 0 Å². The molecule has 1 aromatic carbocycles. The number of halogens is 8. The van der Waals surface area contributed by atoms with Crippen LogP contribution < -0.4 is 0 Å². The molecule has 0 spiro atoms. The fraction of sp³-hybridized carbons (Fsp3) is 0.471. The number of carbonyl (C=O) groups is 1. The van der Waals surface area contributed by atoms with Gasteiger partial charge < -0.3 is 4.74 Å². The summed E-state index contributed by atoms with van der Waals surface area (Å²) >= 11 is 11.2. The first-order valence-corrected chi connectivity index (χ1v) is 9.60. The Balaban J connectivity index is 2.16. The summed E-state index contributed by atoms with van der Waals surface area (Å²) in [6, 6.07) is 0. The standard InChI is InChI=1S/C17H14Br2ClF5O2/c1-6-13(21)11(18)7(12(19)14(6)22)5-27-15(26)10-8(16(10,2)3)4-9(20)17(23,24)25/h4,8,10H,5H2,1-3H3/b9-4-/t8-,10-/m0/s1. The summed E-state index contributed by atoms with van der Waals surface area (Å²) in [6.07, 6.45) is -3.90. The van der Waals surface area contributed by atoms with E-state index in [0.717, 1.165) is 6.08 Å². The molecule has 0 N–H and O–H groups in total. The van der Waals surface area contributed by atoms with Gasteiger partial charge >= 0.3 is 12.1 Å². The Hall–Kier alpha value is -0.670. The number of esters is 1. The molecule has 2 atom stereocenters. The number of allylic oxidation sites excluding steroid dienone is 2. The summed E-state index contributed by atoms with van der Waals surface area (Å²) in [4.78, 5) is 12.3. The Morgan fingerprint density at radius 3 is 2.15 bits per heavy atom. The molecule has 0 bridgehead atoms. The van der Waals surface area contributed by atoms with Crippen LogP contribution in [0.5, 0.6) is 0 Å². The van der Waals surface area contributed by atoms with Gasteiger partial charge in [0.05, 0.1) is 14.9 Å². The van der Waals surface area contributed by atoms with Gasteiger partial charge in [-0.05, 0) is 50.1 Å². The van der Waals surface area contributed by atoms with Crippen molar-refractivity contribution >= 4 is 49.4 Å². The minimum atomic E-state index is -4.69. The molecule has 0 unspecified atom stereocenters. The largest absolute Gasteiger partial charge is 0.460 e. The number of ether oxygens (including phenoxy) is 1. The van der Waals surface area contributed by atoms with Crippen molar-refractivity contribution in [3.05, 3.63) is 42.8 Å². The van der Waals surface area contributed by atoms with Crippen LogP contribution in [0.4, 0.5) is 22.0 Å². The lowest BCUT2D eigenvalue weighted by atomic mass is 10.1. The van der Waals surface area contributed by atoms with Gasteiger partial charge in [-0.1, -0.05) is 31.5 Å². The van der Waals surface area contributed by atoms with Gasteiger partial charge in [0.1, 0.15) is 23.3 Å². The smallest absolute Gasteiger partial charge is 0.426 e. The Labute approximate surface area is 174 Å². The molecule has 0 saturated heterocycles. The van der Waals surface area contributed by atoms with Crippen molar-refractivity contribution in [2.75, 3.05) is 0 Å². The van der Waals surface area contributed by atoms with Crippen LogP contribution in [-0.2, 0) is 16.1 Å². The van der Waals surface area contributed by atoms with Crippen LogP contribution in [0.1, 0.15) is 25.0 Å². The van der Waals surface area contributed by atoms with E-state index < -0.39 is 52.7 Å². The highest BCUT2D eigenvalue weighted by Gasteiger charge is 2.62. The second-order valence-electron chi connectivity index (χ2n) is 6.80. The summed E-state index contributed by atoms with van der Waals surface area (Å²) in [5.41, 5.74) is -0.942. The highest BCUT2D eigenvalue weighted by Crippen LogP contribution is 2.60. The molecule has 1 aliphatic rings. The number of benzene rings is 1. The monoisotopic (exact) mass is 538 g/mol. The van der Waals surface area contributed by atoms with E-state index in [4.69, 9.17) is 16.3 Å². The van der Waals surface area contributed by atoms with Crippen molar-refractivity contribution in [1.29, 1.82) is 0 Å². The molecule has 2 nitrogen and oxygen atoms in total. The molecule has 0 radical (unpaired) electrons. The third-order valence-corrected chi connectivity index (χ3v) is 6.69. The lowest BCUT2D eigenvalue weighted by molar-refractivity contribution is -0.147. The molecular weight excluding hydrogens is 526 g/mol. The number of rotatable bonds is 4. The van der Waals surface area contributed by atoms with Gasteiger partial charge in [-0.3, -0.25) is 4.79 Å². The van der Waals surface area contributed by atoms with Crippen molar-refractivity contribution in [2.45, 2.75) is 33.6 Å². The van der Waals surface area contributed by atoms with Crippen LogP contribution in [-0.4, -0.2) is 12.1 Å². The predicted molar refractivity (Wildman–Crippen MR) is 97.0 cm³/mol. The van der Waals surface area contributed by atoms with E-state index in [-0.39, 0.29) is 20.1 Å².